The molecule has 2 aromatic rings. The van der Waals surface area contributed by atoms with Crippen LogP contribution in [0.2, 0.25) is 0 Å². The fourth-order valence-corrected chi connectivity index (χ4v) is 5.43. The van der Waals surface area contributed by atoms with Crippen LogP contribution in [0.4, 0.5) is 0 Å². The first-order valence-electron chi connectivity index (χ1n) is 12.9. The molecular formula is C28H36N6O. The minimum Gasteiger partial charge on any atom is -0.367 e. The molecule has 0 aromatic carbocycles. The van der Waals surface area contributed by atoms with Crippen LogP contribution in [0.1, 0.15) is 51.2 Å². The highest BCUT2D eigenvalue weighted by atomic mass is 16.2. The van der Waals surface area contributed by atoms with Gasteiger partial charge in [0.25, 0.3) is 5.91 Å². The molecule has 7 nitrogen and oxygen atoms in total. The number of aryl methyl sites for hydroxylation is 2. The molecule has 1 fully saturated rings. The second-order valence-electron chi connectivity index (χ2n) is 9.93. The predicted molar refractivity (Wildman–Crippen MR) is 139 cm³/mol. The van der Waals surface area contributed by atoms with Gasteiger partial charge in [-0.25, -0.2) is 4.52 Å². The highest BCUT2D eigenvalue weighted by molar-refractivity contribution is 5.98. The van der Waals surface area contributed by atoms with E-state index in [1.54, 1.807) is 11.0 Å². The highest BCUT2D eigenvalue weighted by Gasteiger charge is 2.28. The first kappa shape index (κ1) is 23.5. The van der Waals surface area contributed by atoms with E-state index in [4.69, 9.17) is 5.10 Å². The number of hydrogen-bond donors (Lipinski definition) is 0. The Hall–Kier alpha value is -3.19. The van der Waals surface area contributed by atoms with E-state index >= 15 is 0 Å². The lowest BCUT2D eigenvalue weighted by Gasteiger charge is -2.42. The van der Waals surface area contributed by atoms with Gasteiger partial charge in [-0.3, -0.25) is 19.6 Å². The van der Waals surface area contributed by atoms with Crippen molar-refractivity contribution in [3.8, 4) is 0 Å². The number of rotatable bonds is 4. The summed E-state index contributed by atoms with van der Waals surface area (Å²) < 4.78 is 1.91. The van der Waals surface area contributed by atoms with E-state index < -0.39 is 0 Å². The number of carbonyl (C=O) groups excluding carboxylic acids is 1. The van der Waals surface area contributed by atoms with E-state index in [0.29, 0.717) is 6.04 Å². The number of allylic oxidation sites excluding steroid dienone is 4. The maximum absolute atomic E-state index is 13.6. The normalized spacial score (nSPS) is 23.6. The number of likely N-dealkylation sites (N-methyl/N-ethyl adjacent to an activating group) is 1. The van der Waals surface area contributed by atoms with Gasteiger partial charge >= 0.3 is 0 Å². The molecule has 1 amide bonds. The molecule has 0 aliphatic carbocycles. The Bertz CT molecular complexity index is 1270. The molecule has 0 spiro atoms. The zero-order chi connectivity index (χ0) is 24.7. The van der Waals surface area contributed by atoms with Crippen molar-refractivity contribution in [2.45, 2.75) is 53.5 Å². The third-order valence-corrected chi connectivity index (χ3v) is 7.51. The largest absolute Gasteiger partial charge is 0.367 e. The Kier molecular flexibility index (Phi) is 6.36. The summed E-state index contributed by atoms with van der Waals surface area (Å²) in [6.45, 7) is 14.8. The van der Waals surface area contributed by atoms with E-state index in [0.717, 1.165) is 78.6 Å². The van der Waals surface area contributed by atoms with Crippen molar-refractivity contribution < 1.29 is 4.79 Å². The standard InChI is InChI=1S/C28H36N6O/c1-6-25-27-15-26(30-34(27)16-20(4)29-25)24-14-28(35)33-18-23(11-10-22(33)9-8-19(24)3)32-13-12-31(7-2)21(5)17-32/h9-11,14-16,18-19,21H,6-8,12-13,17H2,1-5H3. The summed E-state index contributed by atoms with van der Waals surface area (Å²) in [5.74, 6) is 0.154. The molecule has 3 aliphatic heterocycles. The van der Waals surface area contributed by atoms with Gasteiger partial charge in [0.2, 0.25) is 0 Å². The lowest BCUT2D eigenvalue weighted by Crippen LogP contribution is -2.51. The highest BCUT2D eigenvalue weighted by Crippen LogP contribution is 2.32. The lowest BCUT2D eigenvalue weighted by atomic mass is 9.92. The molecule has 3 aliphatic rings. The SMILES string of the molecule is CCc1nc(C)cn2nc(C3=CC(=O)N4C=C(N5CCN(CC)C(C)C5)C=CC4=CCC3C)cc12. The number of amides is 1. The summed E-state index contributed by atoms with van der Waals surface area (Å²) in [4.78, 5) is 25.0. The van der Waals surface area contributed by atoms with Crippen molar-refractivity contribution >= 4 is 17.0 Å². The van der Waals surface area contributed by atoms with Gasteiger partial charge in [0, 0.05) is 43.6 Å². The maximum Gasteiger partial charge on any atom is 0.255 e. The Morgan fingerprint density at radius 3 is 2.66 bits per heavy atom. The Balaban J connectivity index is 1.46. The predicted octanol–water partition coefficient (Wildman–Crippen LogP) is 4.17. The van der Waals surface area contributed by atoms with Crippen molar-refractivity contribution in [1.82, 2.24) is 29.3 Å². The monoisotopic (exact) mass is 472 g/mol. The van der Waals surface area contributed by atoms with Crippen molar-refractivity contribution in [3.63, 3.8) is 0 Å². The fraction of sp³-hybridized carbons (Fsp3) is 0.464. The van der Waals surface area contributed by atoms with Crippen LogP contribution in [-0.2, 0) is 11.2 Å². The van der Waals surface area contributed by atoms with Crippen LogP contribution in [-0.4, -0.2) is 67.4 Å². The Labute approximate surface area is 208 Å². The van der Waals surface area contributed by atoms with Crippen molar-refractivity contribution in [2.75, 3.05) is 26.2 Å². The molecule has 0 saturated carbocycles. The number of fused-ring (bicyclic) bond motifs is 2. The molecule has 5 rings (SSSR count). The Morgan fingerprint density at radius 1 is 1.11 bits per heavy atom. The average Bonchev–Trinajstić information content (AvgIpc) is 3.27. The third-order valence-electron chi connectivity index (χ3n) is 7.51. The summed E-state index contributed by atoms with van der Waals surface area (Å²) in [6, 6.07) is 2.58. The van der Waals surface area contributed by atoms with Gasteiger partial charge in [-0.2, -0.15) is 5.10 Å². The van der Waals surface area contributed by atoms with Crippen LogP contribution in [0.5, 0.6) is 0 Å². The molecule has 7 heteroatoms. The van der Waals surface area contributed by atoms with Gasteiger partial charge in [0.1, 0.15) is 0 Å². The van der Waals surface area contributed by atoms with Crippen molar-refractivity contribution in [2.24, 2.45) is 5.92 Å². The van der Waals surface area contributed by atoms with E-state index in [1.165, 1.54) is 0 Å². The van der Waals surface area contributed by atoms with E-state index in [9.17, 15) is 4.79 Å². The molecule has 1 saturated heterocycles. The number of piperazine rings is 1. The first-order valence-corrected chi connectivity index (χ1v) is 12.9. The van der Waals surface area contributed by atoms with E-state index in [-0.39, 0.29) is 11.8 Å². The topological polar surface area (TPSA) is 57.0 Å². The molecule has 2 unspecified atom stereocenters. The van der Waals surface area contributed by atoms with Gasteiger partial charge < -0.3 is 4.90 Å². The summed E-state index contributed by atoms with van der Waals surface area (Å²) >= 11 is 0. The van der Waals surface area contributed by atoms with Crippen LogP contribution in [0, 0.1) is 12.8 Å². The fourth-order valence-electron chi connectivity index (χ4n) is 5.43. The van der Waals surface area contributed by atoms with Gasteiger partial charge in [-0.15, -0.1) is 0 Å². The maximum atomic E-state index is 13.6. The van der Waals surface area contributed by atoms with E-state index in [2.05, 4.69) is 66.8 Å². The minimum absolute atomic E-state index is 0.0260. The summed E-state index contributed by atoms with van der Waals surface area (Å²) in [5, 5.41) is 4.85. The number of hydrogen-bond acceptors (Lipinski definition) is 5. The van der Waals surface area contributed by atoms with Crippen LogP contribution in [0.3, 0.4) is 0 Å². The first-order chi connectivity index (χ1) is 16.9. The third kappa shape index (κ3) is 4.45. The summed E-state index contributed by atoms with van der Waals surface area (Å²) in [6.07, 6.45) is 13.9. The number of nitrogens with zero attached hydrogens (tertiary/aromatic N) is 6. The molecule has 184 valence electrons. The summed E-state index contributed by atoms with van der Waals surface area (Å²) in [7, 11) is 0. The molecule has 35 heavy (non-hydrogen) atoms. The van der Waals surface area contributed by atoms with Crippen LogP contribution in [0.15, 0.2) is 54.2 Å². The minimum atomic E-state index is -0.0260. The van der Waals surface area contributed by atoms with Crippen LogP contribution >= 0.6 is 0 Å². The molecular weight excluding hydrogens is 436 g/mol. The molecule has 2 aromatic heterocycles. The zero-order valence-electron chi connectivity index (χ0n) is 21.5. The van der Waals surface area contributed by atoms with E-state index in [1.807, 2.05) is 23.8 Å². The van der Waals surface area contributed by atoms with Crippen LogP contribution < -0.4 is 0 Å². The Morgan fingerprint density at radius 2 is 1.91 bits per heavy atom. The molecule has 0 radical (unpaired) electrons. The average molecular weight is 473 g/mol. The van der Waals surface area contributed by atoms with Crippen molar-refractivity contribution in [1.29, 1.82) is 0 Å². The second kappa shape index (κ2) is 9.46. The molecule has 0 N–H and O–H groups in total. The molecule has 0 bridgehead atoms. The zero-order valence-corrected chi connectivity index (χ0v) is 21.5. The second-order valence-corrected chi connectivity index (χ2v) is 9.93. The number of carbonyl (C=O) groups is 1. The summed E-state index contributed by atoms with van der Waals surface area (Å²) in [5.41, 5.74) is 6.86. The van der Waals surface area contributed by atoms with Crippen molar-refractivity contribution in [3.05, 3.63) is 71.2 Å². The molecule has 5 heterocycles. The quantitative estimate of drug-likeness (QED) is 0.668. The lowest BCUT2D eigenvalue weighted by molar-refractivity contribution is -0.122. The number of aromatic nitrogens is 3. The molecule has 2 atom stereocenters. The van der Waals surface area contributed by atoms with Gasteiger partial charge in [0.15, 0.2) is 0 Å². The van der Waals surface area contributed by atoms with Gasteiger partial charge in [0.05, 0.1) is 34.5 Å². The van der Waals surface area contributed by atoms with Gasteiger partial charge in [-0.1, -0.05) is 26.8 Å². The smallest absolute Gasteiger partial charge is 0.255 e. The van der Waals surface area contributed by atoms with Crippen LogP contribution in [0.25, 0.3) is 11.1 Å². The van der Waals surface area contributed by atoms with Gasteiger partial charge in [-0.05, 0) is 62.9 Å².